The molecule has 0 saturated heterocycles. The first-order chi connectivity index (χ1) is 10.1. The van der Waals surface area contributed by atoms with Gasteiger partial charge in [0.2, 0.25) is 0 Å². The maximum absolute atomic E-state index is 14.0. The first-order valence-corrected chi connectivity index (χ1v) is 6.29. The predicted molar refractivity (Wildman–Crippen MR) is 78.4 cm³/mol. The van der Waals surface area contributed by atoms with Gasteiger partial charge in [-0.3, -0.25) is 4.98 Å². The van der Waals surface area contributed by atoms with Gasteiger partial charge in [-0.2, -0.15) is 0 Å². The van der Waals surface area contributed by atoms with E-state index in [2.05, 4.69) is 10.3 Å². The van der Waals surface area contributed by atoms with Crippen molar-refractivity contribution in [2.24, 2.45) is 0 Å². The van der Waals surface area contributed by atoms with E-state index < -0.39 is 11.8 Å². The maximum Gasteiger partial charge on any atom is 0.335 e. The van der Waals surface area contributed by atoms with Crippen LogP contribution < -0.4 is 5.32 Å². The number of benzene rings is 2. The molecular weight excluding hydrogens is 271 g/mol. The van der Waals surface area contributed by atoms with E-state index in [-0.39, 0.29) is 11.3 Å². The molecule has 4 nitrogen and oxygen atoms in total. The lowest BCUT2D eigenvalue weighted by atomic mass is 10.1. The fraction of sp³-hybridized carbons (Fsp3) is 0. The molecule has 0 radical (unpaired) electrons. The molecule has 0 atom stereocenters. The number of carbonyl (C=O) groups is 1. The van der Waals surface area contributed by atoms with Gasteiger partial charge in [-0.05, 0) is 30.3 Å². The molecule has 0 spiro atoms. The van der Waals surface area contributed by atoms with Gasteiger partial charge in [0.25, 0.3) is 0 Å². The SMILES string of the molecule is O=C(O)c1ccc(Nc2ccnc3ccccc23)c(F)c1. The second-order valence-corrected chi connectivity index (χ2v) is 4.50. The summed E-state index contributed by atoms with van der Waals surface area (Å²) in [5, 5.41) is 12.7. The Morgan fingerprint density at radius 3 is 2.67 bits per heavy atom. The van der Waals surface area contributed by atoms with E-state index in [9.17, 15) is 9.18 Å². The van der Waals surface area contributed by atoms with Crippen LogP contribution in [0.15, 0.2) is 54.7 Å². The summed E-state index contributed by atoms with van der Waals surface area (Å²) >= 11 is 0. The van der Waals surface area contributed by atoms with Crippen molar-refractivity contribution in [1.29, 1.82) is 0 Å². The first-order valence-electron chi connectivity index (χ1n) is 6.29. The Bertz CT molecular complexity index is 828. The molecule has 2 aromatic carbocycles. The molecule has 3 aromatic rings. The number of pyridine rings is 1. The number of hydrogen-bond acceptors (Lipinski definition) is 3. The number of aromatic nitrogens is 1. The summed E-state index contributed by atoms with van der Waals surface area (Å²) in [7, 11) is 0. The molecule has 0 saturated carbocycles. The number of anilines is 2. The number of nitrogens with zero attached hydrogens (tertiary/aromatic N) is 1. The highest BCUT2D eigenvalue weighted by atomic mass is 19.1. The second kappa shape index (κ2) is 5.20. The molecule has 0 bridgehead atoms. The minimum absolute atomic E-state index is 0.0855. The van der Waals surface area contributed by atoms with E-state index in [1.807, 2.05) is 24.3 Å². The average molecular weight is 282 g/mol. The van der Waals surface area contributed by atoms with E-state index in [0.717, 1.165) is 17.0 Å². The van der Waals surface area contributed by atoms with Gasteiger partial charge in [-0.25, -0.2) is 9.18 Å². The third kappa shape index (κ3) is 2.53. The van der Waals surface area contributed by atoms with Crippen LogP contribution in [0.25, 0.3) is 10.9 Å². The molecule has 5 heteroatoms. The molecule has 2 N–H and O–H groups in total. The third-order valence-corrected chi connectivity index (χ3v) is 3.13. The molecule has 0 aliphatic rings. The summed E-state index contributed by atoms with van der Waals surface area (Å²) in [6, 6.07) is 13.0. The highest BCUT2D eigenvalue weighted by Crippen LogP contribution is 2.26. The Labute approximate surface area is 119 Å². The highest BCUT2D eigenvalue weighted by Gasteiger charge is 2.09. The van der Waals surface area contributed by atoms with E-state index in [1.165, 1.54) is 12.1 Å². The normalized spacial score (nSPS) is 10.5. The average Bonchev–Trinajstić information content (AvgIpc) is 2.49. The van der Waals surface area contributed by atoms with E-state index in [1.54, 1.807) is 12.3 Å². The molecule has 0 aliphatic heterocycles. The number of nitrogens with one attached hydrogen (secondary N) is 1. The summed E-state index contributed by atoms with van der Waals surface area (Å²) in [6.45, 7) is 0. The Morgan fingerprint density at radius 1 is 1.10 bits per heavy atom. The Balaban J connectivity index is 2.01. The quantitative estimate of drug-likeness (QED) is 0.766. The Hall–Kier alpha value is -2.95. The molecule has 1 aromatic heterocycles. The van der Waals surface area contributed by atoms with Crippen molar-refractivity contribution in [3.05, 3.63) is 66.1 Å². The van der Waals surface area contributed by atoms with E-state index in [4.69, 9.17) is 5.11 Å². The van der Waals surface area contributed by atoms with E-state index >= 15 is 0 Å². The number of para-hydroxylation sites is 1. The van der Waals surface area contributed by atoms with Crippen molar-refractivity contribution in [1.82, 2.24) is 4.98 Å². The summed E-state index contributed by atoms with van der Waals surface area (Å²) in [5.74, 6) is -1.77. The summed E-state index contributed by atoms with van der Waals surface area (Å²) in [4.78, 5) is 15.0. The molecule has 21 heavy (non-hydrogen) atoms. The molecule has 0 fully saturated rings. The maximum atomic E-state index is 14.0. The zero-order valence-corrected chi connectivity index (χ0v) is 10.9. The van der Waals surface area contributed by atoms with Crippen LogP contribution in [0.3, 0.4) is 0 Å². The molecule has 104 valence electrons. The topological polar surface area (TPSA) is 62.2 Å². The molecule has 0 aliphatic carbocycles. The van der Waals surface area contributed by atoms with Crippen LogP contribution in [0.2, 0.25) is 0 Å². The monoisotopic (exact) mass is 282 g/mol. The molecule has 3 rings (SSSR count). The summed E-state index contributed by atoms with van der Waals surface area (Å²) in [5.41, 5.74) is 1.64. The lowest BCUT2D eigenvalue weighted by molar-refractivity contribution is 0.0696. The lowest BCUT2D eigenvalue weighted by Crippen LogP contribution is -2.00. The fourth-order valence-corrected chi connectivity index (χ4v) is 2.10. The minimum Gasteiger partial charge on any atom is -0.478 e. The lowest BCUT2D eigenvalue weighted by Gasteiger charge is -2.10. The zero-order chi connectivity index (χ0) is 14.8. The molecular formula is C16H11FN2O2. The van der Waals surface area contributed by atoms with Gasteiger partial charge < -0.3 is 10.4 Å². The van der Waals surface area contributed by atoms with Crippen LogP contribution in [0.5, 0.6) is 0 Å². The van der Waals surface area contributed by atoms with Crippen molar-refractivity contribution in [2.45, 2.75) is 0 Å². The van der Waals surface area contributed by atoms with Crippen LogP contribution in [-0.4, -0.2) is 16.1 Å². The molecule has 1 heterocycles. The van der Waals surface area contributed by atoms with Crippen molar-refractivity contribution in [2.75, 3.05) is 5.32 Å². The number of rotatable bonds is 3. The fourth-order valence-electron chi connectivity index (χ4n) is 2.10. The van der Waals surface area contributed by atoms with Crippen LogP contribution in [0.4, 0.5) is 15.8 Å². The largest absolute Gasteiger partial charge is 0.478 e. The van der Waals surface area contributed by atoms with E-state index in [0.29, 0.717) is 5.69 Å². The van der Waals surface area contributed by atoms with Gasteiger partial charge in [-0.15, -0.1) is 0 Å². The standard InChI is InChI=1S/C16H11FN2O2/c17-12-9-10(16(20)21)5-6-15(12)19-14-7-8-18-13-4-2-1-3-11(13)14/h1-9H,(H,18,19)(H,20,21). The summed E-state index contributed by atoms with van der Waals surface area (Å²) in [6.07, 6.45) is 1.63. The van der Waals surface area contributed by atoms with Gasteiger partial charge in [0.15, 0.2) is 0 Å². The number of fused-ring (bicyclic) bond motifs is 1. The number of halogens is 1. The number of aromatic carboxylic acids is 1. The predicted octanol–water partition coefficient (Wildman–Crippen LogP) is 3.82. The van der Waals surface area contributed by atoms with Gasteiger partial charge >= 0.3 is 5.97 Å². The van der Waals surface area contributed by atoms with Crippen molar-refractivity contribution in [3.8, 4) is 0 Å². The van der Waals surface area contributed by atoms with Crippen LogP contribution in [-0.2, 0) is 0 Å². The van der Waals surface area contributed by atoms with Crippen LogP contribution in [0, 0.1) is 5.82 Å². The Kier molecular flexibility index (Phi) is 3.23. The van der Waals surface area contributed by atoms with Crippen molar-refractivity contribution >= 4 is 28.2 Å². The smallest absolute Gasteiger partial charge is 0.335 e. The minimum atomic E-state index is -1.16. The number of hydrogen-bond donors (Lipinski definition) is 2. The second-order valence-electron chi connectivity index (χ2n) is 4.50. The van der Waals surface area contributed by atoms with Crippen LogP contribution in [0.1, 0.15) is 10.4 Å². The van der Waals surface area contributed by atoms with Gasteiger partial charge in [0.05, 0.1) is 16.8 Å². The van der Waals surface area contributed by atoms with Crippen molar-refractivity contribution < 1.29 is 14.3 Å². The van der Waals surface area contributed by atoms with Gasteiger partial charge in [0, 0.05) is 17.3 Å². The molecule has 0 unspecified atom stereocenters. The van der Waals surface area contributed by atoms with Gasteiger partial charge in [-0.1, -0.05) is 18.2 Å². The van der Waals surface area contributed by atoms with Gasteiger partial charge in [0.1, 0.15) is 5.82 Å². The first kappa shape index (κ1) is 13.1. The number of carboxylic acid groups (broad SMARTS) is 1. The Morgan fingerprint density at radius 2 is 1.90 bits per heavy atom. The van der Waals surface area contributed by atoms with Crippen LogP contribution >= 0.6 is 0 Å². The molecule has 0 amide bonds. The third-order valence-electron chi connectivity index (χ3n) is 3.13. The zero-order valence-electron chi connectivity index (χ0n) is 10.9. The van der Waals surface area contributed by atoms with Crippen molar-refractivity contribution in [3.63, 3.8) is 0 Å². The summed E-state index contributed by atoms with van der Waals surface area (Å²) < 4.78 is 14.0. The number of carboxylic acids is 1. The highest BCUT2D eigenvalue weighted by molar-refractivity contribution is 5.93.